The zero-order chi connectivity index (χ0) is 24.6. The third kappa shape index (κ3) is 8.17. The van der Waals surface area contributed by atoms with Crippen LogP contribution in [0.5, 0.6) is 0 Å². The predicted octanol–water partition coefficient (Wildman–Crippen LogP) is 4.29. The van der Waals surface area contributed by atoms with E-state index in [-0.39, 0.29) is 17.9 Å². The molecule has 0 radical (unpaired) electrons. The molecule has 1 fully saturated rings. The number of hydrogen-bond acceptors (Lipinski definition) is 6. The highest BCUT2D eigenvalue weighted by Gasteiger charge is 2.26. The minimum absolute atomic E-state index is 0.0131. The normalized spacial score (nSPS) is 14.5. The van der Waals surface area contributed by atoms with E-state index in [4.69, 9.17) is 16.3 Å². The number of nitrogens with one attached hydrogen (secondary N) is 1. The number of ether oxygens (including phenoxy) is 1. The Bertz CT molecular complexity index is 926. The summed E-state index contributed by atoms with van der Waals surface area (Å²) in [5, 5.41) is 3.65. The highest BCUT2D eigenvalue weighted by atomic mass is 35.5. The van der Waals surface area contributed by atoms with Gasteiger partial charge in [-0.3, -0.25) is 9.78 Å². The number of nitrogens with zero attached hydrogens (tertiary/aromatic N) is 4. The summed E-state index contributed by atoms with van der Waals surface area (Å²) in [6.45, 7) is 8.50. The number of anilines is 1. The molecule has 3 rings (SSSR count). The van der Waals surface area contributed by atoms with E-state index in [2.05, 4.69) is 20.2 Å². The molecular formula is C25H34ClN5O3. The van der Waals surface area contributed by atoms with Crippen molar-refractivity contribution in [3.05, 3.63) is 53.4 Å². The smallest absolute Gasteiger partial charge is 0.410 e. The zero-order valence-electron chi connectivity index (χ0n) is 20.2. The van der Waals surface area contributed by atoms with Crippen LogP contribution in [0.25, 0.3) is 0 Å². The average Bonchev–Trinajstić information content (AvgIpc) is 2.81. The first kappa shape index (κ1) is 25.7. The van der Waals surface area contributed by atoms with Gasteiger partial charge < -0.3 is 19.9 Å². The molecule has 2 amide bonds. The summed E-state index contributed by atoms with van der Waals surface area (Å²) >= 11 is 5.92. The number of aromatic nitrogens is 2. The van der Waals surface area contributed by atoms with Crippen LogP contribution in [0.2, 0.25) is 5.02 Å². The molecule has 0 unspecified atom stereocenters. The number of halogens is 1. The van der Waals surface area contributed by atoms with Crippen LogP contribution in [0.3, 0.4) is 0 Å². The Hall–Kier alpha value is -2.87. The second-order valence-electron chi connectivity index (χ2n) is 9.50. The Balaban J connectivity index is 1.43. The van der Waals surface area contributed by atoms with Gasteiger partial charge in [-0.2, -0.15) is 0 Å². The second kappa shape index (κ2) is 12.0. The minimum Gasteiger partial charge on any atom is -0.444 e. The lowest BCUT2D eigenvalue weighted by Gasteiger charge is -2.32. The van der Waals surface area contributed by atoms with Crippen molar-refractivity contribution in [1.29, 1.82) is 0 Å². The molecule has 0 spiro atoms. The van der Waals surface area contributed by atoms with Crippen LogP contribution in [0.15, 0.2) is 42.9 Å². The molecule has 1 saturated heterocycles. The molecule has 34 heavy (non-hydrogen) atoms. The Labute approximate surface area is 206 Å². The molecule has 0 aliphatic carbocycles. The molecule has 3 heterocycles. The number of rotatable bonds is 8. The van der Waals surface area contributed by atoms with Crippen molar-refractivity contribution < 1.29 is 14.3 Å². The van der Waals surface area contributed by atoms with Crippen molar-refractivity contribution in [2.75, 3.05) is 31.1 Å². The number of amides is 2. The van der Waals surface area contributed by atoms with Crippen molar-refractivity contribution in [1.82, 2.24) is 20.2 Å². The van der Waals surface area contributed by atoms with Crippen LogP contribution in [0, 0.1) is 5.92 Å². The lowest BCUT2D eigenvalue weighted by molar-refractivity contribution is -0.125. The largest absolute Gasteiger partial charge is 0.444 e. The molecule has 184 valence electrons. The van der Waals surface area contributed by atoms with Crippen molar-refractivity contribution in [3.8, 4) is 0 Å². The van der Waals surface area contributed by atoms with E-state index in [0.717, 1.165) is 37.3 Å². The van der Waals surface area contributed by atoms with Crippen molar-refractivity contribution in [2.45, 2.75) is 52.2 Å². The molecule has 0 saturated carbocycles. The molecule has 2 aromatic heterocycles. The lowest BCUT2D eigenvalue weighted by atomic mass is 9.96. The van der Waals surface area contributed by atoms with Gasteiger partial charge >= 0.3 is 6.09 Å². The van der Waals surface area contributed by atoms with E-state index in [1.165, 1.54) is 0 Å². The van der Waals surface area contributed by atoms with E-state index in [1.54, 1.807) is 23.5 Å². The molecular weight excluding hydrogens is 454 g/mol. The van der Waals surface area contributed by atoms with E-state index in [0.29, 0.717) is 31.1 Å². The van der Waals surface area contributed by atoms with Gasteiger partial charge in [0.2, 0.25) is 5.91 Å². The van der Waals surface area contributed by atoms with Crippen molar-refractivity contribution in [2.24, 2.45) is 5.92 Å². The third-order valence-corrected chi connectivity index (χ3v) is 5.78. The fourth-order valence-corrected chi connectivity index (χ4v) is 3.94. The quantitative estimate of drug-likeness (QED) is 0.559. The summed E-state index contributed by atoms with van der Waals surface area (Å²) in [6.07, 6.45) is 6.91. The number of piperidine rings is 1. The standard InChI is InChI=1S/C25H34ClN5O3/c1-25(2,3)34-24(33)31(18-19-6-4-11-27-16-19)13-5-12-28-23(32)20-9-14-30(15-10-20)22-8-7-21(26)17-29-22/h4,6-8,11,16-17,20H,5,9-10,12-15,18H2,1-3H3,(H,28,32). The molecule has 0 bridgehead atoms. The number of pyridine rings is 2. The van der Waals surface area contributed by atoms with Crippen molar-refractivity contribution >= 4 is 29.4 Å². The second-order valence-corrected chi connectivity index (χ2v) is 9.94. The first-order valence-electron chi connectivity index (χ1n) is 11.7. The van der Waals surface area contributed by atoms with Gasteiger partial charge in [0.15, 0.2) is 0 Å². The maximum absolute atomic E-state index is 12.7. The maximum atomic E-state index is 12.7. The Kier molecular flexibility index (Phi) is 9.10. The maximum Gasteiger partial charge on any atom is 0.410 e. The van der Waals surface area contributed by atoms with E-state index in [1.807, 2.05) is 45.0 Å². The van der Waals surface area contributed by atoms with Gasteiger partial charge in [-0.15, -0.1) is 0 Å². The highest BCUT2D eigenvalue weighted by Crippen LogP contribution is 2.23. The molecule has 0 aromatic carbocycles. The predicted molar refractivity (Wildman–Crippen MR) is 133 cm³/mol. The van der Waals surface area contributed by atoms with Crippen LogP contribution in [0.4, 0.5) is 10.6 Å². The number of carbonyl (C=O) groups is 2. The average molecular weight is 488 g/mol. The highest BCUT2D eigenvalue weighted by molar-refractivity contribution is 6.30. The van der Waals surface area contributed by atoms with E-state index in [9.17, 15) is 9.59 Å². The monoisotopic (exact) mass is 487 g/mol. The Morgan fingerprint density at radius 1 is 1.21 bits per heavy atom. The van der Waals surface area contributed by atoms with Gasteiger partial charge in [-0.25, -0.2) is 9.78 Å². The first-order valence-corrected chi connectivity index (χ1v) is 12.1. The molecule has 8 nitrogen and oxygen atoms in total. The molecule has 2 aromatic rings. The first-order chi connectivity index (χ1) is 16.2. The lowest BCUT2D eigenvalue weighted by Crippen LogP contribution is -2.42. The third-order valence-electron chi connectivity index (χ3n) is 5.55. The van der Waals surface area contributed by atoms with Gasteiger partial charge in [-0.1, -0.05) is 17.7 Å². The zero-order valence-corrected chi connectivity index (χ0v) is 20.9. The summed E-state index contributed by atoms with van der Waals surface area (Å²) in [7, 11) is 0. The van der Waals surface area contributed by atoms with Crippen LogP contribution in [0.1, 0.15) is 45.6 Å². The van der Waals surface area contributed by atoms with E-state index < -0.39 is 5.60 Å². The fourth-order valence-electron chi connectivity index (χ4n) is 3.83. The summed E-state index contributed by atoms with van der Waals surface area (Å²) < 4.78 is 5.56. The summed E-state index contributed by atoms with van der Waals surface area (Å²) in [5.41, 5.74) is 0.355. The molecule has 1 N–H and O–H groups in total. The van der Waals surface area contributed by atoms with Gasteiger partial charge in [0.1, 0.15) is 11.4 Å². The van der Waals surface area contributed by atoms with E-state index >= 15 is 0 Å². The Morgan fingerprint density at radius 2 is 1.97 bits per heavy atom. The van der Waals surface area contributed by atoms with Crippen LogP contribution < -0.4 is 10.2 Å². The molecule has 1 aliphatic heterocycles. The summed E-state index contributed by atoms with van der Waals surface area (Å²) in [6, 6.07) is 7.51. The summed E-state index contributed by atoms with van der Waals surface area (Å²) in [5.74, 6) is 0.944. The van der Waals surface area contributed by atoms with Gasteiger partial charge in [0, 0.05) is 50.7 Å². The molecule has 9 heteroatoms. The van der Waals surface area contributed by atoms with Gasteiger partial charge in [0.05, 0.1) is 11.6 Å². The Morgan fingerprint density at radius 3 is 2.59 bits per heavy atom. The fraction of sp³-hybridized carbons (Fsp3) is 0.520. The topological polar surface area (TPSA) is 87.7 Å². The minimum atomic E-state index is -0.575. The molecule has 0 atom stereocenters. The van der Waals surface area contributed by atoms with Crippen LogP contribution >= 0.6 is 11.6 Å². The van der Waals surface area contributed by atoms with Crippen LogP contribution in [-0.4, -0.2) is 58.6 Å². The molecule has 1 aliphatic rings. The SMILES string of the molecule is CC(C)(C)OC(=O)N(CCCNC(=O)C1CCN(c2ccc(Cl)cn2)CC1)Cc1cccnc1. The van der Waals surface area contributed by atoms with Gasteiger partial charge in [-0.05, 0) is 63.8 Å². The number of carbonyl (C=O) groups excluding carboxylic acids is 2. The van der Waals surface area contributed by atoms with Crippen LogP contribution in [-0.2, 0) is 16.1 Å². The number of hydrogen-bond donors (Lipinski definition) is 1. The summed E-state index contributed by atoms with van der Waals surface area (Å²) in [4.78, 5) is 37.7. The van der Waals surface area contributed by atoms with Crippen molar-refractivity contribution in [3.63, 3.8) is 0 Å². The van der Waals surface area contributed by atoms with Gasteiger partial charge in [0.25, 0.3) is 0 Å².